The molecule has 0 aliphatic heterocycles. The Balaban J connectivity index is 1.32. The second-order valence-electron chi connectivity index (χ2n) is 14.1. The van der Waals surface area contributed by atoms with Crippen LogP contribution in [0.15, 0.2) is 152 Å². The highest BCUT2D eigenvalue weighted by atomic mass is 16.6. The van der Waals surface area contributed by atoms with Crippen molar-refractivity contribution in [3.05, 3.63) is 152 Å². The normalized spacial score (nSPS) is 11.1. The van der Waals surface area contributed by atoms with Crippen molar-refractivity contribution < 1.29 is 57.2 Å². The van der Waals surface area contributed by atoms with Crippen molar-refractivity contribution in [1.29, 1.82) is 0 Å². The second-order valence-corrected chi connectivity index (χ2v) is 14.1. The summed E-state index contributed by atoms with van der Waals surface area (Å²) in [5.74, 6) is 0.0766. The van der Waals surface area contributed by atoms with Crippen LogP contribution < -0.4 is 45.0 Å². The van der Waals surface area contributed by atoms with Gasteiger partial charge in [-0.15, -0.1) is 0 Å². The molecule has 63 heavy (non-hydrogen) atoms. The van der Waals surface area contributed by atoms with Crippen LogP contribution in [-0.2, 0) is 14.3 Å². The second kappa shape index (κ2) is 25.0. The zero-order valence-electron chi connectivity index (χ0n) is 34.3. The van der Waals surface area contributed by atoms with Crippen LogP contribution in [0.2, 0.25) is 0 Å². The number of benzene rings is 5. The molecule has 0 fully saturated rings. The van der Waals surface area contributed by atoms with E-state index >= 15 is 0 Å². The molecule has 328 valence electrons. The van der Waals surface area contributed by atoms with Gasteiger partial charge in [0, 0.05) is 26.1 Å². The van der Waals surface area contributed by atoms with Gasteiger partial charge in [0.25, 0.3) is 0 Å². The minimum atomic E-state index is -1.50. The van der Waals surface area contributed by atoms with Crippen molar-refractivity contribution >= 4 is 36.3 Å². The summed E-state index contributed by atoms with van der Waals surface area (Å²) >= 11 is 0. The molecule has 0 aliphatic carbocycles. The highest BCUT2D eigenvalue weighted by Crippen LogP contribution is 2.20. The van der Waals surface area contributed by atoms with Gasteiger partial charge in [0.1, 0.15) is 41.4 Å². The predicted octanol–water partition coefficient (Wildman–Crippen LogP) is 7.60. The van der Waals surface area contributed by atoms with Gasteiger partial charge in [-0.25, -0.2) is 24.0 Å². The maximum atomic E-state index is 14.0. The number of unbranched alkanes of at least 4 members (excludes halogenated alkanes) is 2. The third-order valence-corrected chi connectivity index (χ3v) is 9.08. The molecule has 16 nitrogen and oxygen atoms in total. The molecule has 0 spiro atoms. The average molecular weight is 861 g/mol. The van der Waals surface area contributed by atoms with E-state index < -0.39 is 54.4 Å². The standard InChI is InChI=1S/C47H48N4O12/c52-41(59-35-19-7-1-8-20-35)30-18-6-17-29-40(51-46(57)63-39-27-15-5-16-28-39)42(53)58-34-47(31-48-43(54)60-36-21-9-2-10-22-36,32-49-44(55)61-37-23-11-3-12-24-37)33-50-45(56)62-38-25-13-4-14-26-38/h1-5,7-16,19-28,40H,6,17-18,29-34H2,(H,48,54)(H,49,55)(H,50,56)(H,51,57). The number of carbonyl (C=O) groups excluding carboxylic acids is 6. The molecule has 0 aliphatic rings. The van der Waals surface area contributed by atoms with E-state index in [4.69, 9.17) is 28.4 Å². The highest BCUT2D eigenvalue weighted by Gasteiger charge is 2.36. The van der Waals surface area contributed by atoms with Gasteiger partial charge < -0.3 is 49.7 Å². The maximum Gasteiger partial charge on any atom is 0.413 e. The summed E-state index contributed by atoms with van der Waals surface area (Å²) in [6, 6.07) is 40.4. The quantitative estimate of drug-likeness (QED) is 0.0320. The topological polar surface area (TPSA) is 206 Å². The third kappa shape index (κ3) is 17.3. The summed E-state index contributed by atoms with van der Waals surface area (Å²) in [5.41, 5.74) is -1.50. The zero-order valence-corrected chi connectivity index (χ0v) is 34.3. The monoisotopic (exact) mass is 860 g/mol. The van der Waals surface area contributed by atoms with Crippen molar-refractivity contribution in [1.82, 2.24) is 21.3 Å². The van der Waals surface area contributed by atoms with E-state index in [1.165, 1.54) is 0 Å². The maximum absolute atomic E-state index is 14.0. The Morgan fingerprint density at radius 3 is 1.16 bits per heavy atom. The number of rotatable bonds is 21. The summed E-state index contributed by atoms with van der Waals surface area (Å²) < 4.78 is 32.9. The van der Waals surface area contributed by atoms with Gasteiger partial charge in [-0.1, -0.05) is 104 Å². The summed E-state index contributed by atoms with van der Waals surface area (Å²) in [6.07, 6.45) is -2.08. The molecule has 5 aromatic carbocycles. The smallest absolute Gasteiger partial charge is 0.413 e. The van der Waals surface area contributed by atoms with Gasteiger partial charge >= 0.3 is 36.3 Å². The van der Waals surface area contributed by atoms with Crippen LogP contribution in [0.5, 0.6) is 28.7 Å². The Morgan fingerprint density at radius 1 is 0.429 bits per heavy atom. The lowest BCUT2D eigenvalue weighted by Crippen LogP contribution is -2.55. The molecular weight excluding hydrogens is 813 g/mol. The van der Waals surface area contributed by atoms with Crippen molar-refractivity contribution in [2.24, 2.45) is 5.41 Å². The number of esters is 2. The number of nitrogens with one attached hydrogen (secondary N) is 4. The number of hydrogen-bond donors (Lipinski definition) is 4. The predicted molar refractivity (Wildman–Crippen MR) is 229 cm³/mol. The van der Waals surface area contributed by atoms with Gasteiger partial charge in [-0.05, 0) is 73.5 Å². The van der Waals surface area contributed by atoms with E-state index in [1.807, 2.05) is 6.07 Å². The van der Waals surface area contributed by atoms with Crippen LogP contribution in [0.3, 0.4) is 0 Å². The van der Waals surface area contributed by atoms with Crippen LogP contribution in [0, 0.1) is 5.41 Å². The fraction of sp³-hybridized carbons (Fsp3) is 0.234. The fourth-order valence-corrected chi connectivity index (χ4v) is 5.82. The van der Waals surface area contributed by atoms with Crippen LogP contribution in [0.1, 0.15) is 32.1 Å². The van der Waals surface area contributed by atoms with E-state index in [0.29, 0.717) is 25.0 Å². The van der Waals surface area contributed by atoms with E-state index in [1.54, 1.807) is 146 Å². The van der Waals surface area contributed by atoms with Crippen molar-refractivity contribution in [3.8, 4) is 28.7 Å². The molecule has 0 saturated heterocycles. The Labute approximate surface area is 364 Å². The van der Waals surface area contributed by atoms with Crippen LogP contribution in [0.25, 0.3) is 0 Å². The molecule has 4 amide bonds. The number of hydrogen-bond acceptors (Lipinski definition) is 12. The summed E-state index contributed by atoms with van der Waals surface area (Å²) in [4.78, 5) is 78.7. The molecule has 0 heterocycles. The van der Waals surface area contributed by atoms with E-state index in [2.05, 4.69) is 21.3 Å². The number of ether oxygens (including phenoxy) is 6. The first-order chi connectivity index (χ1) is 30.6. The van der Waals surface area contributed by atoms with E-state index in [-0.39, 0.29) is 55.5 Å². The average Bonchev–Trinajstić information content (AvgIpc) is 3.29. The van der Waals surface area contributed by atoms with E-state index in [0.717, 1.165) is 0 Å². The molecule has 1 atom stereocenters. The van der Waals surface area contributed by atoms with Gasteiger partial charge in [0.15, 0.2) is 0 Å². The molecule has 0 radical (unpaired) electrons. The summed E-state index contributed by atoms with van der Waals surface area (Å²) in [5, 5.41) is 10.5. The van der Waals surface area contributed by atoms with E-state index in [9.17, 15) is 28.8 Å². The van der Waals surface area contributed by atoms with Gasteiger partial charge in [0.2, 0.25) is 0 Å². The summed E-state index contributed by atoms with van der Waals surface area (Å²) in [6.45, 7) is -1.55. The first-order valence-electron chi connectivity index (χ1n) is 20.1. The summed E-state index contributed by atoms with van der Waals surface area (Å²) in [7, 11) is 0. The molecule has 5 aromatic rings. The molecule has 16 heteroatoms. The first kappa shape index (κ1) is 46.2. The molecule has 0 saturated carbocycles. The molecule has 4 N–H and O–H groups in total. The zero-order chi connectivity index (χ0) is 44.5. The lowest BCUT2D eigenvalue weighted by atomic mass is 9.88. The minimum Gasteiger partial charge on any atom is -0.463 e. The largest absolute Gasteiger partial charge is 0.463 e. The van der Waals surface area contributed by atoms with Gasteiger partial charge in [0.05, 0.1) is 5.41 Å². The fourth-order valence-electron chi connectivity index (χ4n) is 5.82. The molecule has 5 rings (SSSR count). The van der Waals surface area contributed by atoms with Crippen LogP contribution >= 0.6 is 0 Å². The minimum absolute atomic E-state index is 0.0778. The molecule has 0 bridgehead atoms. The lowest BCUT2D eigenvalue weighted by molar-refractivity contribution is -0.149. The van der Waals surface area contributed by atoms with Crippen LogP contribution in [-0.4, -0.2) is 68.6 Å². The molecule has 0 aromatic heterocycles. The van der Waals surface area contributed by atoms with Crippen molar-refractivity contribution in [2.75, 3.05) is 26.2 Å². The SMILES string of the molecule is O=C(CCCCCC(NC(=O)Oc1ccccc1)C(=O)OCC(CNC(=O)Oc1ccccc1)(CNC(=O)Oc1ccccc1)CNC(=O)Oc1ccccc1)Oc1ccccc1. The van der Waals surface area contributed by atoms with Gasteiger partial charge in [-0.2, -0.15) is 0 Å². The lowest BCUT2D eigenvalue weighted by Gasteiger charge is -2.34. The van der Waals surface area contributed by atoms with Crippen molar-refractivity contribution in [2.45, 2.75) is 38.1 Å². The van der Waals surface area contributed by atoms with Crippen molar-refractivity contribution in [3.63, 3.8) is 0 Å². The Kier molecular flexibility index (Phi) is 18.3. The Hall–Kier alpha value is -7.88. The number of para-hydroxylation sites is 5. The molecular formula is C47H48N4O12. The first-order valence-corrected chi connectivity index (χ1v) is 20.1. The Bertz CT molecular complexity index is 2060. The van der Waals surface area contributed by atoms with Gasteiger partial charge in [-0.3, -0.25) is 4.79 Å². The number of carbonyl (C=O) groups is 6. The highest BCUT2D eigenvalue weighted by molar-refractivity contribution is 5.82. The number of amides is 4. The van der Waals surface area contributed by atoms with Crippen LogP contribution in [0.4, 0.5) is 19.2 Å². The molecule has 1 unspecified atom stereocenters. The third-order valence-electron chi connectivity index (χ3n) is 9.08. The Morgan fingerprint density at radius 2 is 0.778 bits per heavy atom.